The average molecular weight is 374 g/mol. The summed E-state index contributed by atoms with van der Waals surface area (Å²) in [5.41, 5.74) is 1.28. The zero-order valence-corrected chi connectivity index (χ0v) is 15.1. The van der Waals surface area contributed by atoms with Crippen LogP contribution in [0.25, 0.3) is 0 Å². The van der Waals surface area contributed by atoms with Crippen molar-refractivity contribution in [2.24, 2.45) is 0 Å². The Morgan fingerprint density at radius 2 is 2.00 bits per heavy atom. The van der Waals surface area contributed by atoms with Crippen molar-refractivity contribution in [2.45, 2.75) is 32.6 Å². The molecular formula is C19H18O6S. The van der Waals surface area contributed by atoms with E-state index in [1.807, 2.05) is 0 Å². The molecule has 26 heavy (non-hydrogen) atoms. The summed E-state index contributed by atoms with van der Waals surface area (Å²) in [4.78, 5) is 25.4. The van der Waals surface area contributed by atoms with Gasteiger partial charge in [-0.3, -0.25) is 4.79 Å². The van der Waals surface area contributed by atoms with Crippen molar-refractivity contribution in [3.63, 3.8) is 0 Å². The van der Waals surface area contributed by atoms with Gasteiger partial charge in [0.2, 0.25) is 6.79 Å². The predicted molar refractivity (Wildman–Crippen MR) is 94.8 cm³/mol. The fourth-order valence-corrected chi connectivity index (χ4v) is 4.29. The zero-order chi connectivity index (χ0) is 18.1. The molecule has 7 heteroatoms. The first-order valence-electron chi connectivity index (χ1n) is 8.61. The number of Topliss-reactive ketones (excluding diaryl/α,β-unsaturated/α-hetero) is 1. The summed E-state index contributed by atoms with van der Waals surface area (Å²) >= 11 is 1.17. The second kappa shape index (κ2) is 6.99. The number of ether oxygens (including phenoxy) is 4. The SMILES string of the molecule is CCOC(=O)c1sc(Oc2ccc3c(c2)OCO3)c2c1CCCCC2=O. The number of hydrogen-bond acceptors (Lipinski definition) is 7. The van der Waals surface area contributed by atoms with Crippen LogP contribution in [-0.2, 0) is 11.2 Å². The summed E-state index contributed by atoms with van der Waals surface area (Å²) in [6.45, 7) is 2.23. The van der Waals surface area contributed by atoms with Crippen LogP contribution in [0.2, 0.25) is 0 Å². The van der Waals surface area contributed by atoms with Crippen LogP contribution in [0.15, 0.2) is 18.2 Å². The van der Waals surface area contributed by atoms with E-state index in [9.17, 15) is 9.59 Å². The van der Waals surface area contributed by atoms with E-state index in [2.05, 4.69) is 0 Å². The van der Waals surface area contributed by atoms with Gasteiger partial charge in [-0.05, 0) is 43.9 Å². The summed E-state index contributed by atoms with van der Waals surface area (Å²) in [7, 11) is 0. The van der Waals surface area contributed by atoms with Crippen molar-refractivity contribution in [2.75, 3.05) is 13.4 Å². The van der Waals surface area contributed by atoms with Crippen LogP contribution >= 0.6 is 11.3 Å². The smallest absolute Gasteiger partial charge is 0.348 e. The van der Waals surface area contributed by atoms with Gasteiger partial charge >= 0.3 is 5.97 Å². The Balaban J connectivity index is 1.73. The zero-order valence-electron chi connectivity index (χ0n) is 14.3. The van der Waals surface area contributed by atoms with Crippen LogP contribution < -0.4 is 14.2 Å². The fraction of sp³-hybridized carbons (Fsp3) is 0.368. The third kappa shape index (κ3) is 3.03. The molecule has 0 saturated heterocycles. The Labute approximate surface area is 154 Å². The lowest BCUT2D eigenvalue weighted by atomic mass is 10.1. The maximum absolute atomic E-state index is 12.6. The summed E-state index contributed by atoms with van der Waals surface area (Å²) in [5, 5.41) is 0.439. The second-order valence-electron chi connectivity index (χ2n) is 6.04. The first-order chi connectivity index (χ1) is 12.7. The standard InChI is InChI=1S/C19H18O6S/c1-2-22-18(21)17-12-5-3-4-6-13(20)16(12)19(26-17)25-11-7-8-14-15(9-11)24-10-23-14/h7-9H,2-6,10H2,1H3. The van der Waals surface area contributed by atoms with Crippen LogP contribution in [0.4, 0.5) is 0 Å². The molecule has 0 fully saturated rings. The van der Waals surface area contributed by atoms with Gasteiger partial charge in [-0.1, -0.05) is 11.3 Å². The van der Waals surface area contributed by atoms with Crippen LogP contribution in [0.3, 0.4) is 0 Å². The van der Waals surface area contributed by atoms with Crippen LogP contribution in [0.1, 0.15) is 51.8 Å². The van der Waals surface area contributed by atoms with Gasteiger partial charge in [0.25, 0.3) is 0 Å². The predicted octanol–water partition coefficient (Wildman–Crippen LogP) is 4.35. The average Bonchev–Trinajstić information content (AvgIpc) is 3.18. The minimum Gasteiger partial charge on any atom is -0.462 e. The third-order valence-electron chi connectivity index (χ3n) is 4.35. The van der Waals surface area contributed by atoms with E-state index in [-0.39, 0.29) is 19.2 Å². The van der Waals surface area contributed by atoms with Gasteiger partial charge in [-0.2, -0.15) is 0 Å². The monoisotopic (exact) mass is 374 g/mol. The Hall–Kier alpha value is -2.54. The highest BCUT2D eigenvalue weighted by Crippen LogP contribution is 2.43. The van der Waals surface area contributed by atoms with Crippen LogP contribution in [-0.4, -0.2) is 25.2 Å². The van der Waals surface area contributed by atoms with E-state index in [0.29, 0.717) is 45.6 Å². The number of ketones is 1. The molecule has 2 heterocycles. The molecule has 6 nitrogen and oxygen atoms in total. The molecule has 0 amide bonds. The first kappa shape index (κ1) is 16.9. The third-order valence-corrected chi connectivity index (χ3v) is 5.44. The Bertz CT molecular complexity index is 869. The van der Waals surface area contributed by atoms with Crippen molar-refractivity contribution in [3.05, 3.63) is 34.2 Å². The first-order valence-corrected chi connectivity index (χ1v) is 9.42. The molecule has 2 aliphatic rings. The molecule has 1 aromatic heterocycles. The summed E-state index contributed by atoms with van der Waals surface area (Å²) in [6, 6.07) is 5.24. The van der Waals surface area contributed by atoms with Gasteiger partial charge in [0.1, 0.15) is 10.6 Å². The van der Waals surface area contributed by atoms with E-state index in [1.165, 1.54) is 11.3 Å². The van der Waals surface area contributed by atoms with Crippen molar-refractivity contribution in [1.29, 1.82) is 0 Å². The maximum Gasteiger partial charge on any atom is 0.348 e. The van der Waals surface area contributed by atoms with Gasteiger partial charge < -0.3 is 18.9 Å². The van der Waals surface area contributed by atoms with E-state index in [0.717, 1.165) is 18.4 Å². The van der Waals surface area contributed by atoms with Crippen LogP contribution in [0, 0.1) is 0 Å². The minimum absolute atomic E-state index is 0.0139. The van der Waals surface area contributed by atoms with Gasteiger partial charge in [0.15, 0.2) is 22.3 Å². The van der Waals surface area contributed by atoms with Crippen LogP contribution in [0.5, 0.6) is 22.3 Å². The van der Waals surface area contributed by atoms with E-state index >= 15 is 0 Å². The quantitative estimate of drug-likeness (QED) is 0.585. The molecule has 2 aromatic rings. The topological polar surface area (TPSA) is 71.1 Å². The van der Waals surface area contributed by atoms with E-state index in [1.54, 1.807) is 25.1 Å². The van der Waals surface area contributed by atoms with Crippen molar-refractivity contribution in [1.82, 2.24) is 0 Å². The molecule has 0 spiro atoms. The van der Waals surface area contributed by atoms with Gasteiger partial charge in [0.05, 0.1) is 12.2 Å². The molecule has 136 valence electrons. The minimum atomic E-state index is -0.399. The highest BCUT2D eigenvalue weighted by atomic mass is 32.1. The Morgan fingerprint density at radius 1 is 1.19 bits per heavy atom. The van der Waals surface area contributed by atoms with Gasteiger partial charge in [-0.15, -0.1) is 0 Å². The number of hydrogen-bond donors (Lipinski definition) is 0. The number of esters is 1. The number of carbonyl (C=O) groups excluding carboxylic acids is 2. The normalized spacial score (nSPS) is 15.3. The van der Waals surface area contributed by atoms with Crippen molar-refractivity contribution >= 4 is 23.1 Å². The largest absolute Gasteiger partial charge is 0.462 e. The van der Waals surface area contributed by atoms with Gasteiger partial charge in [0, 0.05) is 12.5 Å². The Kier molecular flexibility index (Phi) is 4.55. The molecule has 0 bridgehead atoms. The van der Waals surface area contributed by atoms with E-state index < -0.39 is 5.97 Å². The fourth-order valence-electron chi connectivity index (χ4n) is 3.16. The molecule has 4 rings (SSSR count). The summed E-state index contributed by atoms with van der Waals surface area (Å²) < 4.78 is 21.8. The summed E-state index contributed by atoms with van der Waals surface area (Å²) in [6.07, 6.45) is 2.81. The highest BCUT2D eigenvalue weighted by molar-refractivity contribution is 7.16. The molecule has 0 unspecified atom stereocenters. The lowest BCUT2D eigenvalue weighted by Gasteiger charge is -2.07. The number of carbonyl (C=O) groups is 2. The molecule has 0 radical (unpaired) electrons. The molecule has 1 aliphatic carbocycles. The second-order valence-corrected chi connectivity index (χ2v) is 7.02. The van der Waals surface area contributed by atoms with Crippen molar-refractivity contribution < 1.29 is 28.5 Å². The molecule has 1 aromatic carbocycles. The summed E-state index contributed by atoms with van der Waals surface area (Å²) in [5.74, 6) is 1.41. The lowest BCUT2D eigenvalue weighted by molar-refractivity contribution is 0.0531. The number of benzene rings is 1. The number of rotatable bonds is 4. The molecule has 0 saturated carbocycles. The Morgan fingerprint density at radius 3 is 2.85 bits per heavy atom. The maximum atomic E-state index is 12.6. The number of fused-ring (bicyclic) bond motifs is 2. The van der Waals surface area contributed by atoms with Gasteiger partial charge in [-0.25, -0.2) is 4.79 Å². The highest BCUT2D eigenvalue weighted by Gasteiger charge is 2.30. The molecule has 0 N–H and O–H groups in total. The van der Waals surface area contributed by atoms with Crippen molar-refractivity contribution in [3.8, 4) is 22.3 Å². The molecular weight excluding hydrogens is 356 g/mol. The molecule has 1 aliphatic heterocycles. The molecule has 0 atom stereocenters. The van der Waals surface area contributed by atoms with E-state index in [4.69, 9.17) is 18.9 Å². The number of thiophene rings is 1. The lowest BCUT2D eigenvalue weighted by Crippen LogP contribution is -2.06.